The van der Waals surface area contributed by atoms with Crippen molar-refractivity contribution >= 4 is 11.9 Å². The van der Waals surface area contributed by atoms with Crippen molar-refractivity contribution in [3.63, 3.8) is 0 Å². The normalized spacial score (nSPS) is 16.2. The number of amides is 1. The lowest BCUT2D eigenvalue weighted by atomic mass is 10.0. The summed E-state index contributed by atoms with van der Waals surface area (Å²) >= 11 is 0. The minimum Gasteiger partial charge on any atom is -0.481 e. The lowest BCUT2D eigenvalue weighted by molar-refractivity contribution is -0.137. The van der Waals surface area contributed by atoms with Crippen LogP contribution in [-0.4, -0.2) is 35.7 Å². The third kappa shape index (κ3) is 6.82. The number of carbonyl (C=O) groups is 2. The molecule has 126 valence electrons. The van der Waals surface area contributed by atoms with Gasteiger partial charge in [0.2, 0.25) is 5.91 Å². The molecule has 2 rings (SSSR count). The second-order valence-corrected chi connectivity index (χ2v) is 6.10. The van der Waals surface area contributed by atoms with E-state index in [2.05, 4.69) is 5.32 Å². The Balaban J connectivity index is 1.82. The van der Waals surface area contributed by atoms with E-state index in [0.717, 1.165) is 18.4 Å². The van der Waals surface area contributed by atoms with Crippen LogP contribution in [0.3, 0.4) is 0 Å². The second-order valence-electron chi connectivity index (χ2n) is 6.10. The number of nitrogens with one attached hydrogen (secondary N) is 1. The minimum atomic E-state index is -0.848. The van der Waals surface area contributed by atoms with Crippen molar-refractivity contribution in [3.05, 3.63) is 35.9 Å². The molecule has 1 amide bonds. The van der Waals surface area contributed by atoms with Crippen LogP contribution in [0, 0.1) is 0 Å². The standard InChI is InChI=1S/C18H25NO4/c20-17(13-23-16-8-4-5-9-16)19-15(10-11-18(21)22)12-14-6-2-1-3-7-14/h1-3,6-7,15-16H,4-5,8-13H2,(H,19,20)(H,21,22). The zero-order valence-corrected chi connectivity index (χ0v) is 13.4. The van der Waals surface area contributed by atoms with Crippen molar-refractivity contribution in [2.24, 2.45) is 0 Å². The molecular formula is C18H25NO4. The Morgan fingerprint density at radius 3 is 2.57 bits per heavy atom. The first-order valence-corrected chi connectivity index (χ1v) is 8.30. The van der Waals surface area contributed by atoms with E-state index >= 15 is 0 Å². The summed E-state index contributed by atoms with van der Waals surface area (Å²) in [4.78, 5) is 22.9. The average molecular weight is 319 g/mol. The van der Waals surface area contributed by atoms with Crippen LogP contribution < -0.4 is 5.32 Å². The van der Waals surface area contributed by atoms with Gasteiger partial charge in [0, 0.05) is 12.5 Å². The number of carboxylic acid groups (broad SMARTS) is 1. The van der Waals surface area contributed by atoms with Crippen LogP contribution >= 0.6 is 0 Å². The van der Waals surface area contributed by atoms with E-state index in [0.29, 0.717) is 12.8 Å². The lowest BCUT2D eigenvalue weighted by Crippen LogP contribution is -2.39. The molecule has 23 heavy (non-hydrogen) atoms. The van der Waals surface area contributed by atoms with E-state index in [1.54, 1.807) is 0 Å². The maximum Gasteiger partial charge on any atom is 0.303 e. The summed E-state index contributed by atoms with van der Waals surface area (Å²) in [7, 11) is 0. The molecule has 1 saturated carbocycles. The molecule has 1 aliphatic rings. The van der Waals surface area contributed by atoms with Gasteiger partial charge in [-0.3, -0.25) is 9.59 Å². The molecule has 1 atom stereocenters. The Bertz CT molecular complexity index is 497. The Kier molecular flexibility index (Phi) is 7.07. The summed E-state index contributed by atoms with van der Waals surface area (Å²) in [6.07, 6.45) is 5.68. The van der Waals surface area contributed by atoms with Gasteiger partial charge in [0.1, 0.15) is 6.61 Å². The summed E-state index contributed by atoms with van der Waals surface area (Å²) in [5.74, 6) is -1.01. The zero-order chi connectivity index (χ0) is 16.5. The highest BCUT2D eigenvalue weighted by Crippen LogP contribution is 2.20. The maximum atomic E-state index is 12.1. The number of benzene rings is 1. The molecule has 1 unspecified atom stereocenters. The zero-order valence-electron chi connectivity index (χ0n) is 13.4. The summed E-state index contributed by atoms with van der Waals surface area (Å²) in [5, 5.41) is 11.8. The van der Waals surface area contributed by atoms with Gasteiger partial charge >= 0.3 is 5.97 Å². The molecule has 0 radical (unpaired) electrons. The third-order valence-corrected chi connectivity index (χ3v) is 4.15. The number of hydrogen-bond donors (Lipinski definition) is 2. The lowest BCUT2D eigenvalue weighted by Gasteiger charge is -2.19. The quantitative estimate of drug-likeness (QED) is 0.733. The number of carbonyl (C=O) groups excluding carboxylic acids is 1. The van der Waals surface area contributed by atoms with E-state index < -0.39 is 5.97 Å². The summed E-state index contributed by atoms with van der Waals surface area (Å²) in [6.45, 7) is 0.0586. The monoisotopic (exact) mass is 319 g/mol. The number of rotatable bonds is 9. The van der Waals surface area contributed by atoms with Gasteiger partial charge in [0.05, 0.1) is 6.10 Å². The van der Waals surface area contributed by atoms with Crippen LogP contribution in [0.25, 0.3) is 0 Å². The molecule has 1 fully saturated rings. The van der Waals surface area contributed by atoms with Crippen molar-refractivity contribution in [1.29, 1.82) is 0 Å². The first-order valence-electron chi connectivity index (χ1n) is 8.30. The fraction of sp³-hybridized carbons (Fsp3) is 0.556. The van der Waals surface area contributed by atoms with Crippen LogP contribution in [0.2, 0.25) is 0 Å². The van der Waals surface area contributed by atoms with Crippen molar-refractivity contribution < 1.29 is 19.4 Å². The van der Waals surface area contributed by atoms with Gasteiger partial charge in [-0.05, 0) is 31.2 Å². The highest BCUT2D eigenvalue weighted by atomic mass is 16.5. The molecular weight excluding hydrogens is 294 g/mol. The largest absolute Gasteiger partial charge is 0.481 e. The van der Waals surface area contributed by atoms with Crippen LogP contribution in [-0.2, 0) is 20.7 Å². The fourth-order valence-corrected chi connectivity index (χ4v) is 2.94. The van der Waals surface area contributed by atoms with E-state index in [4.69, 9.17) is 9.84 Å². The fourth-order valence-electron chi connectivity index (χ4n) is 2.94. The molecule has 0 heterocycles. The van der Waals surface area contributed by atoms with Crippen molar-refractivity contribution in [1.82, 2.24) is 5.32 Å². The van der Waals surface area contributed by atoms with Gasteiger partial charge < -0.3 is 15.2 Å². The van der Waals surface area contributed by atoms with Gasteiger partial charge in [0.15, 0.2) is 0 Å². The van der Waals surface area contributed by atoms with Crippen LogP contribution in [0.1, 0.15) is 44.1 Å². The molecule has 5 heteroatoms. The SMILES string of the molecule is O=C(O)CCC(Cc1ccccc1)NC(=O)COC1CCCC1. The number of ether oxygens (including phenoxy) is 1. The Morgan fingerprint density at radius 2 is 1.91 bits per heavy atom. The molecule has 1 aromatic carbocycles. The molecule has 2 N–H and O–H groups in total. The van der Waals surface area contributed by atoms with E-state index in [1.807, 2.05) is 30.3 Å². The number of aliphatic carboxylic acids is 1. The number of hydrogen-bond acceptors (Lipinski definition) is 3. The smallest absolute Gasteiger partial charge is 0.303 e. The van der Waals surface area contributed by atoms with Crippen molar-refractivity contribution in [3.8, 4) is 0 Å². The van der Waals surface area contributed by atoms with E-state index in [1.165, 1.54) is 12.8 Å². The molecule has 0 saturated heterocycles. The van der Waals surface area contributed by atoms with Crippen molar-refractivity contribution in [2.45, 2.75) is 57.1 Å². The van der Waals surface area contributed by atoms with E-state index in [9.17, 15) is 9.59 Å². The first kappa shape index (κ1) is 17.5. The Morgan fingerprint density at radius 1 is 1.22 bits per heavy atom. The highest BCUT2D eigenvalue weighted by molar-refractivity contribution is 5.77. The van der Waals surface area contributed by atoms with Crippen LogP contribution in [0.5, 0.6) is 0 Å². The molecule has 5 nitrogen and oxygen atoms in total. The predicted molar refractivity (Wildman–Crippen MR) is 87.2 cm³/mol. The number of carboxylic acids is 1. The third-order valence-electron chi connectivity index (χ3n) is 4.15. The summed E-state index contributed by atoms with van der Waals surface area (Å²) in [6, 6.07) is 9.59. The average Bonchev–Trinajstić information content (AvgIpc) is 3.05. The maximum absolute atomic E-state index is 12.1. The van der Waals surface area contributed by atoms with Gasteiger partial charge in [-0.1, -0.05) is 43.2 Å². The van der Waals surface area contributed by atoms with Gasteiger partial charge in [-0.2, -0.15) is 0 Å². The summed E-state index contributed by atoms with van der Waals surface area (Å²) < 4.78 is 5.61. The van der Waals surface area contributed by atoms with Gasteiger partial charge in [0.25, 0.3) is 0 Å². The molecule has 1 aliphatic carbocycles. The molecule has 0 aromatic heterocycles. The molecule has 0 spiro atoms. The molecule has 0 bridgehead atoms. The van der Waals surface area contributed by atoms with Crippen LogP contribution in [0.15, 0.2) is 30.3 Å². The van der Waals surface area contributed by atoms with Gasteiger partial charge in [-0.25, -0.2) is 0 Å². The molecule has 0 aliphatic heterocycles. The summed E-state index contributed by atoms with van der Waals surface area (Å²) in [5.41, 5.74) is 1.08. The first-order chi connectivity index (χ1) is 11.1. The van der Waals surface area contributed by atoms with Crippen molar-refractivity contribution in [2.75, 3.05) is 6.61 Å². The van der Waals surface area contributed by atoms with Crippen LogP contribution in [0.4, 0.5) is 0 Å². The molecule has 1 aromatic rings. The minimum absolute atomic E-state index is 0.0429. The Labute approximate surface area is 137 Å². The van der Waals surface area contributed by atoms with E-state index in [-0.39, 0.29) is 31.1 Å². The highest BCUT2D eigenvalue weighted by Gasteiger charge is 2.19. The topological polar surface area (TPSA) is 75.6 Å². The van der Waals surface area contributed by atoms with Gasteiger partial charge in [-0.15, -0.1) is 0 Å². The predicted octanol–water partition coefficient (Wildman–Crippen LogP) is 2.54. The Hall–Kier alpha value is -1.88. The second kappa shape index (κ2) is 9.30.